The van der Waals surface area contributed by atoms with Crippen molar-refractivity contribution < 1.29 is 18.4 Å². The summed E-state index contributed by atoms with van der Waals surface area (Å²) < 4.78 is 23.2. The predicted octanol–water partition coefficient (Wildman–Crippen LogP) is 3.82. The maximum absolute atomic E-state index is 12.7. The van der Waals surface area contributed by atoms with Gasteiger partial charge >= 0.3 is 7.60 Å². The Balaban J connectivity index is 3.04. The molecule has 1 unspecified atom stereocenters. The molecule has 1 rings (SSSR count). The number of ketones is 1. The molecule has 0 heterocycles. The van der Waals surface area contributed by atoms with Crippen molar-refractivity contribution in [1.29, 1.82) is 0 Å². The van der Waals surface area contributed by atoms with E-state index in [1.165, 1.54) is 11.8 Å². The largest absolute Gasteiger partial charge is 0.351 e. The number of thioether (sulfide) groups is 1. The van der Waals surface area contributed by atoms with Crippen LogP contribution < -0.4 is 0 Å². The molecule has 0 bridgehead atoms. The SMILES string of the molecule is CCOP(=O)(OCC)C(SC)C(=O)c1ccccc1. The summed E-state index contributed by atoms with van der Waals surface area (Å²) in [5, 5.41) is 0. The topological polar surface area (TPSA) is 52.6 Å². The molecule has 0 saturated carbocycles. The number of benzene rings is 1. The minimum atomic E-state index is -3.44. The minimum Gasteiger partial charge on any atom is -0.308 e. The second-order valence-electron chi connectivity index (χ2n) is 3.69. The minimum absolute atomic E-state index is 0.224. The molecule has 1 aromatic carbocycles. The fraction of sp³-hybridized carbons (Fsp3) is 0.462. The predicted molar refractivity (Wildman–Crippen MR) is 78.9 cm³/mol. The van der Waals surface area contributed by atoms with E-state index in [2.05, 4.69) is 0 Å². The van der Waals surface area contributed by atoms with Crippen LogP contribution >= 0.6 is 19.4 Å². The Hall–Kier alpha value is -0.610. The molecule has 0 amide bonds. The number of Topliss-reactive ketones (excluding diaryl/α,β-unsaturated/α-hetero) is 1. The van der Waals surface area contributed by atoms with E-state index >= 15 is 0 Å². The fourth-order valence-corrected chi connectivity index (χ4v) is 4.91. The van der Waals surface area contributed by atoms with Crippen LogP contribution in [0.2, 0.25) is 0 Å². The van der Waals surface area contributed by atoms with Gasteiger partial charge in [-0.1, -0.05) is 30.3 Å². The molecule has 0 N–H and O–H groups in total. The van der Waals surface area contributed by atoms with E-state index in [0.717, 1.165) is 0 Å². The van der Waals surface area contributed by atoms with E-state index in [0.29, 0.717) is 5.56 Å². The lowest BCUT2D eigenvalue weighted by Gasteiger charge is -2.23. The van der Waals surface area contributed by atoms with Gasteiger partial charge in [-0.05, 0) is 20.1 Å². The number of carbonyl (C=O) groups is 1. The second kappa shape index (κ2) is 7.85. The summed E-state index contributed by atoms with van der Waals surface area (Å²) in [6.45, 7) is 3.96. The molecule has 0 aliphatic carbocycles. The Morgan fingerprint density at radius 3 is 2.16 bits per heavy atom. The molecule has 6 heteroatoms. The third-order valence-corrected chi connectivity index (χ3v) is 6.52. The standard InChI is InChI=1S/C13H19O4PS/c1-4-16-18(15,17-5-2)13(19-3)12(14)11-9-7-6-8-10-11/h6-10,13H,4-5H2,1-3H3. The molecule has 0 aliphatic rings. The van der Waals surface area contributed by atoms with Crippen LogP contribution in [0.15, 0.2) is 30.3 Å². The van der Waals surface area contributed by atoms with Crippen LogP contribution in [0.25, 0.3) is 0 Å². The maximum atomic E-state index is 12.7. The van der Waals surface area contributed by atoms with E-state index in [1.807, 2.05) is 6.07 Å². The van der Waals surface area contributed by atoms with Crippen molar-refractivity contribution in [2.75, 3.05) is 19.5 Å². The van der Waals surface area contributed by atoms with Gasteiger partial charge in [0.05, 0.1) is 13.2 Å². The average Bonchev–Trinajstić information content (AvgIpc) is 2.40. The monoisotopic (exact) mass is 302 g/mol. The van der Waals surface area contributed by atoms with Crippen molar-refractivity contribution >= 4 is 25.1 Å². The fourth-order valence-electron chi connectivity index (χ4n) is 1.66. The normalized spacial score (nSPS) is 13.2. The first-order valence-electron chi connectivity index (χ1n) is 6.09. The lowest BCUT2D eigenvalue weighted by molar-refractivity contribution is 0.0995. The summed E-state index contributed by atoms with van der Waals surface area (Å²) >= 11 is 1.20. The van der Waals surface area contributed by atoms with Crippen molar-refractivity contribution in [3.8, 4) is 0 Å². The Labute approximate surface area is 118 Å². The van der Waals surface area contributed by atoms with Crippen LogP contribution in [-0.2, 0) is 13.6 Å². The third kappa shape index (κ3) is 4.18. The first-order valence-corrected chi connectivity index (χ1v) is 8.99. The molecular formula is C13H19O4PS. The van der Waals surface area contributed by atoms with E-state index in [1.54, 1.807) is 44.4 Å². The highest BCUT2D eigenvalue weighted by atomic mass is 32.2. The van der Waals surface area contributed by atoms with Gasteiger partial charge in [-0.15, -0.1) is 11.8 Å². The van der Waals surface area contributed by atoms with Gasteiger partial charge in [-0.3, -0.25) is 9.36 Å². The molecule has 0 aliphatic heterocycles. The van der Waals surface area contributed by atoms with Crippen LogP contribution in [0.5, 0.6) is 0 Å². The molecule has 0 saturated heterocycles. The highest BCUT2D eigenvalue weighted by Gasteiger charge is 2.40. The molecule has 0 fully saturated rings. The number of rotatable bonds is 8. The van der Waals surface area contributed by atoms with Crippen molar-refractivity contribution in [2.45, 2.75) is 18.8 Å². The van der Waals surface area contributed by atoms with Crippen molar-refractivity contribution in [1.82, 2.24) is 0 Å². The molecule has 106 valence electrons. The zero-order chi connectivity index (χ0) is 14.3. The van der Waals surface area contributed by atoms with Crippen LogP contribution in [0, 0.1) is 0 Å². The Kier molecular flexibility index (Phi) is 6.80. The second-order valence-corrected chi connectivity index (χ2v) is 7.10. The van der Waals surface area contributed by atoms with E-state index < -0.39 is 12.6 Å². The summed E-state index contributed by atoms with van der Waals surface area (Å²) in [6, 6.07) is 8.78. The molecular weight excluding hydrogens is 283 g/mol. The van der Waals surface area contributed by atoms with Crippen LogP contribution in [0.3, 0.4) is 0 Å². The zero-order valence-electron chi connectivity index (χ0n) is 11.4. The lowest BCUT2D eigenvalue weighted by atomic mass is 10.1. The van der Waals surface area contributed by atoms with Crippen LogP contribution in [0.1, 0.15) is 24.2 Å². The molecule has 0 aromatic heterocycles. The van der Waals surface area contributed by atoms with E-state index in [4.69, 9.17) is 9.05 Å². The number of carbonyl (C=O) groups excluding carboxylic acids is 1. The number of hydrogen-bond acceptors (Lipinski definition) is 5. The van der Waals surface area contributed by atoms with Gasteiger partial charge in [0.15, 0.2) is 10.8 Å². The summed E-state index contributed by atoms with van der Waals surface area (Å²) in [5.74, 6) is -0.224. The van der Waals surface area contributed by atoms with Gasteiger partial charge in [-0.2, -0.15) is 0 Å². The van der Waals surface area contributed by atoms with Gasteiger partial charge < -0.3 is 9.05 Å². The Morgan fingerprint density at radius 1 is 1.21 bits per heavy atom. The zero-order valence-corrected chi connectivity index (χ0v) is 13.1. The Bertz CT molecular complexity index is 439. The van der Waals surface area contributed by atoms with Crippen molar-refractivity contribution in [2.24, 2.45) is 0 Å². The first kappa shape index (κ1) is 16.4. The van der Waals surface area contributed by atoms with Gasteiger partial charge in [-0.25, -0.2) is 0 Å². The maximum Gasteiger partial charge on any atom is 0.351 e. The van der Waals surface area contributed by atoms with Crippen molar-refractivity contribution in [3.63, 3.8) is 0 Å². The molecule has 0 radical (unpaired) electrons. The van der Waals surface area contributed by atoms with Crippen molar-refractivity contribution in [3.05, 3.63) is 35.9 Å². The van der Waals surface area contributed by atoms with Gasteiger partial charge in [0.2, 0.25) is 0 Å². The van der Waals surface area contributed by atoms with Crippen LogP contribution in [-0.4, -0.2) is 30.2 Å². The highest BCUT2D eigenvalue weighted by Crippen LogP contribution is 2.57. The summed E-state index contributed by atoms with van der Waals surface area (Å²) in [4.78, 5) is 11.6. The van der Waals surface area contributed by atoms with Gasteiger partial charge in [0, 0.05) is 5.56 Å². The summed E-state index contributed by atoms with van der Waals surface area (Å²) in [6.07, 6.45) is 1.73. The van der Waals surface area contributed by atoms with Gasteiger partial charge in [0.25, 0.3) is 0 Å². The molecule has 19 heavy (non-hydrogen) atoms. The highest BCUT2D eigenvalue weighted by molar-refractivity contribution is 8.05. The van der Waals surface area contributed by atoms with E-state index in [-0.39, 0.29) is 19.0 Å². The molecule has 4 nitrogen and oxygen atoms in total. The summed E-state index contributed by atoms with van der Waals surface area (Å²) in [7, 11) is -3.44. The van der Waals surface area contributed by atoms with Crippen LogP contribution in [0.4, 0.5) is 0 Å². The Morgan fingerprint density at radius 2 is 1.74 bits per heavy atom. The quantitative estimate of drug-likeness (QED) is 0.539. The lowest BCUT2D eigenvalue weighted by Crippen LogP contribution is -2.20. The third-order valence-electron chi connectivity index (χ3n) is 2.41. The molecule has 1 atom stereocenters. The molecule has 0 spiro atoms. The smallest absolute Gasteiger partial charge is 0.308 e. The van der Waals surface area contributed by atoms with E-state index in [9.17, 15) is 9.36 Å². The number of hydrogen-bond donors (Lipinski definition) is 0. The average molecular weight is 302 g/mol. The van der Waals surface area contributed by atoms with Gasteiger partial charge in [0.1, 0.15) is 0 Å². The summed E-state index contributed by atoms with van der Waals surface area (Å²) in [5.41, 5.74) is 0.515. The molecule has 1 aromatic rings. The first-order chi connectivity index (χ1) is 9.09.